The highest BCUT2D eigenvalue weighted by atomic mass is 35.5. The van der Waals surface area contributed by atoms with Crippen LogP contribution in [0.15, 0.2) is 47.1 Å². The Morgan fingerprint density at radius 1 is 1.21 bits per heavy atom. The molecule has 3 rings (SSSR count). The number of furan rings is 1. The molecule has 29 heavy (non-hydrogen) atoms. The van der Waals surface area contributed by atoms with Crippen LogP contribution in [0.3, 0.4) is 0 Å². The van der Waals surface area contributed by atoms with Crippen molar-refractivity contribution in [2.24, 2.45) is 0 Å². The van der Waals surface area contributed by atoms with E-state index in [1.54, 1.807) is 46.4 Å². The highest BCUT2D eigenvalue weighted by Gasteiger charge is 2.26. The van der Waals surface area contributed by atoms with Crippen molar-refractivity contribution in [1.29, 1.82) is 0 Å². The van der Waals surface area contributed by atoms with E-state index in [4.69, 9.17) is 20.8 Å². The second-order valence-electron chi connectivity index (χ2n) is 7.23. The summed E-state index contributed by atoms with van der Waals surface area (Å²) in [5.41, 5.74) is 0.482. The fourth-order valence-electron chi connectivity index (χ4n) is 3.47. The van der Waals surface area contributed by atoms with E-state index in [1.165, 1.54) is 0 Å². The van der Waals surface area contributed by atoms with E-state index in [0.717, 1.165) is 25.9 Å². The molecule has 1 aromatic heterocycles. The number of benzene rings is 1. The normalized spacial score (nSPS) is 16.0. The fourth-order valence-corrected chi connectivity index (χ4v) is 3.66. The van der Waals surface area contributed by atoms with Gasteiger partial charge in [0.15, 0.2) is 0 Å². The molecule has 156 valence electrons. The Morgan fingerprint density at radius 3 is 2.72 bits per heavy atom. The first-order valence-corrected chi connectivity index (χ1v) is 10.4. The van der Waals surface area contributed by atoms with Gasteiger partial charge < -0.3 is 19.0 Å². The number of ether oxygens (including phenoxy) is 1. The molecule has 0 radical (unpaired) electrons. The van der Waals surface area contributed by atoms with Crippen LogP contribution in [0.2, 0.25) is 5.02 Å². The lowest BCUT2D eigenvalue weighted by Crippen LogP contribution is -2.45. The van der Waals surface area contributed by atoms with Crippen LogP contribution in [0, 0.1) is 0 Å². The minimum Gasteiger partial charge on any atom is -0.467 e. The number of hydrogen-bond acceptors (Lipinski definition) is 4. The average Bonchev–Trinajstić information content (AvgIpc) is 3.41. The predicted octanol–water partition coefficient (Wildman–Crippen LogP) is 3.99. The largest absolute Gasteiger partial charge is 0.467 e. The Hall–Kier alpha value is -2.31. The van der Waals surface area contributed by atoms with Gasteiger partial charge in [-0.1, -0.05) is 24.6 Å². The van der Waals surface area contributed by atoms with Gasteiger partial charge in [0.2, 0.25) is 5.91 Å². The molecule has 2 aromatic rings. The number of carbonyl (C=O) groups excluding carboxylic acids is 2. The smallest absolute Gasteiger partial charge is 0.254 e. The van der Waals surface area contributed by atoms with Crippen LogP contribution in [0.4, 0.5) is 0 Å². The maximum atomic E-state index is 13.2. The fraction of sp³-hybridized carbons (Fsp3) is 0.455. The van der Waals surface area contributed by atoms with Gasteiger partial charge in [0.1, 0.15) is 12.3 Å². The van der Waals surface area contributed by atoms with Gasteiger partial charge in [-0.25, -0.2) is 0 Å². The zero-order valence-electron chi connectivity index (χ0n) is 16.7. The Morgan fingerprint density at radius 2 is 2.07 bits per heavy atom. The quantitative estimate of drug-likeness (QED) is 0.617. The lowest BCUT2D eigenvalue weighted by atomic mass is 10.2. The summed E-state index contributed by atoms with van der Waals surface area (Å²) in [6, 6.07) is 10.5. The van der Waals surface area contributed by atoms with E-state index in [1.807, 2.05) is 13.0 Å². The molecular formula is C22H27ClN2O4. The summed E-state index contributed by atoms with van der Waals surface area (Å²) in [5, 5.41) is 0.497. The van der Waals surface area contributed by atoms with Gasteiger partial charge in [-0.3, -0.25) is 9.59 Å². The molecule has 6 nitrogen and oxygen atoms in total. The van der Waals surface area contributed by atoms with Crippen molar-refractivity contribution in [3.8, 4) is 0 Å². The van der Waals surface area contributed by atoms with Crippen molar-refractivity contribution >= 4 is 23.4 Å². The van der Waals surface area contributed by atoms with E-state index in [-0.39, 0.29) is 24.5 Å². The zero-order chi connectivity index (χ0) is 20.6. The minimum absolute atomic E-state index is 0.00656. The summed E-state index contributed by atoms with van der Waals surface area (Å²) >= 11 is 6.03. The van der Waals surface area contributed by atoms with Crippen LogP contribution in [0.25, 0.3) is 0 Å². The molecule has 2 heterocycles. The molecule has 1 fully saturated rings. The van der Waals surface area contributed by atoms with Crippen LogP contribution in [-0.2, 0) is 16.1 Å². The zero-order valence-corrected chi connectivity index (χ0v) is 17.4. The molecule has 1 unspecified atom stereocenters. The van der Waals surface area contributed by atoms with E-state index < -0.39 is 0 Å². The molecule has 0 saturated carbocycles. The van der Waals surface area contributed by atoms with Crippen molar-refractivity contribution in [3.63, 3.8) is 0 Å². The van der Waals surface area contributed by atoms with Crippen LogP contribution < -0.4 is 0 Å². The van der Waals surface area contributed by atoms with Crippen molar-refractivity contribution < 1.29 is 18.7 Å². The molecule has 0 spiro atoms. The van der Waals surface area contributed by atoms with Gasteiger partial charge in [0, 0.05) is 30.3 Å². The summed E-state index contributed by atoms with van der Waals surface area (Å²) in [6.45, 7) is 4.05. The van der Waals surface area contributed by atoms with E-state index in [0.29, 0.717) is 36.0 Å². The molecule has 2 amide bonds. The summed E-state index contributed by atoms with van der Waals surface area (Å²) < 4.78 is 11.1. The number of carbonyl (C=O) groups is 2. The van der Waals surface area contributed by atoms with E-state index >= 15 is 0 Å². The molecule has 0 bridgehead atoms. The predicted molar refractivity (Wildman–Crippen MR) is 111 cm³/mol. The summed E-state index contributed by atoms with van der Waals surface area (Å²) in [6.07, 6.45) is 4.31. The van der Waals surface area contributed by atoms with Crippen molar-refractivity contribution in [3.05, 3.63) is 59.0 Å². The van der Waals surface area contributed by atoms with Gasteiger partial charge in [-0.2, -0.15) is 0 Å². The Labute approximate surface area is 176 Å². The van der Waals surface area contributed by atoms with Gasteiger partial charge in [0.25, 0.3) is 5.91 Å². The number of amides is 2. The average molecular weight is 419 g/mol. The molecule has 0 aliphatic carbocycles. The van der Waals surface area contributed by atoms with Crippen molar-refractivity contribution in [1.82, 2.24) is 9.80 Å². The summed E-state index contributed by atoms with van der Waals surface area (Å²) in [5.74, 6) is 0.387. The molecule has 1 saturated heterocycles. The van der Waals surface area contributed by atoms with Crippen LogP contribution in [0.1, 0.15) is 42.3 Å². The maximum absolute atomic E-state index is 13.2. The van der Waals surface area contributed by atoms with Gasteiger partial charge in [0.05, 0.1) is 18.9 Å². The van der Waals surface area contributed by atoms with Gasteiger partial charge >= 0.3 is 0 Å². The highest BCUT2D eigenvalue weighted by molar-refractivity contribution is 6.30. The van der Waals surface area contributed by atoms with Crippen LogP contribution in [-0.4, -0.2) is 54.0 Å². The van der Waals surface area contributed by atoms with Gasteiger partial charge in [-0.05, 0) is 49.6 Å². The first-order chi connectivity index (χ1) is 14.1. The Bertz CT molecular complexity index is 803. The maximum Gasteiger partial charge on any atom is 0.254 e. The molecule has 1 atom stereocenters. The van der Waals surface area contributed by atoms with E-state index in [2.05, 4.69) is 0 Å². The Balaban J connectivity index is 1.72. The topological polar surface area (TPSA) is 63.0 Å². The monoisotopic (exact) mass is 418 g/mol. The van der Waals surface area contributed by atoms with Crippen molar-refractivity contribution in [2.45, 2.75) is 38.8 Å². The second kappa shape index (κ2) is 10.5. The number of hydrogen-bond donors (Lipinski definition) is 0. The number of nitrogens with zero attached hydrogens (tertiary/aromatic N) is 2. The van der Waals surface area contributed by atoms with E-state index in [9.17, 15) is 9.59 Å². The SMILES string of the molecule is CCCN(CC(=O)N(Cc1ccco1)CC1CCCO1)C(=O)c1cccc(Cl)c1. The lowest BCUT2D eigenvalue weighted by Gasteiger charge is -2.28. The third kappa shape index (κ3) is 6.08. The molecule has 1 aliphatic rings. The summed E-state index contributed by atoms with van der Waals surface area (Å²) in [4.78, 5) is 29.4. The first kappa shape index (κ1) is 21.4. The molecule has 1 aromatic carbocycles. The third-order valence-corrected chi connectivity index (χ3v) is 5.14. The van der Waals surface area contributed by atoms with Crippen LogP contribution in [0.5, 0.6) is 0 Å². The standard InChI is InChI=1S/C22H27ClN2O4/c1-2-10-24(22(27)17-6-3-7-18(23)13-17)16-21(26)25(14-19-8-4-11-28-19)15-20-9-5-12-29-20/h3-4,6-8,11,13,20H,2,5,9-10,12,14-16H2,1H3. The first-order valence-electron chi connectivity index (χ1n) is 10.0. The van der Waals surface area contributed by atoms with Crippen molar-refractivity contribution in [2.75, 3.05) is 26.2 Å². The Kier molecular flexibility index (Phi) is 7.72. The van der Waals surface area contributed by atoms with Crippen LogP contribution >= 0.6 is 11.6 Å². The highest BCUT2D eigenvalue weighted by Crippen LogP contribution is 2.17. The number of rotatable bonds is 9. The van der Waals surface area contributed by atoms with Gasteiger partial charge in [-0.15, -0.1) is 0 Å². The second-order valence-corrected chi connectivity index (χ2v) is 7.66. The molecule has 0 N–H and O–H groups in total. The third-order valence-electron chi connectivity index (χ3n) is 4.91. The molecule has 1 aliphatic heterocycles. The molecular weight excluding hydrogens is 392 g/mol. The number of halogens is 1. The molecule has 7 heteroatoms. The minimum atomic E-state index is -0.197. The lowest BCUT2D eigenvalue weighted by molar-refractivity contribution is -0.134. The summed E-state index contributed by atoms with van der Waals surface area (Å²) in [7, 11) is 0.